The lowest BCUT2D eigenvalue weighted by molar-refractivity contribution is -0.144. The van der Waals surface area contributed by atoms with Crippen molar-refractivity contribution < 1.29 is 14.4 Å². The highest BCUT2D eigenvalue weighted by Gasteiger charge is 2.38. The number of carbonyl (C=O) groups is 3. The highest BCUT2D eigenvalue weighted by atomic mass is 32.1. The number of aromatic nitrogens is 1. The molecule has 2 aromatic heterocycles. The molecule has 0 radical (unpaired) electrons. The van der Waals surface area contributed by atoms with Crippen LogP contribution in [0.5, 0.6) is 0 Å². The number of fused-ring (bicyclic) bond motifs is 1. The van der Waals surface area contributed by atoms with Crippen LogP contribution in [0.25, 0.3) is 10.1 Å². The Kier molecular flexibility index (Phi) is 7.29. The quantitative estimate of drug-likeness (QED) is 0.481. The minimum atomic E-state index is -0.555. The first kappa shape index (κ1) is 23.7. The molecule has 0 spiro atoms. The average Bonchev–Trinajstić information content (AvgIpc) is 3.57. The summed E-state index contributed by atoms with van der Waals surface area (Å²) in [5, 5.41) is 11.9. The third kappa shape index (κ3) is 5.48. The van der Waals surface area contributed by atoms with E-state index < -0.39 is 6.04 Å². The molecule has 3 heterocycles. The first-order chi connectivity index (χ1) is 17.1. The van der Waals surface area contributed by atoms with Gasteiger partial charge in [-0.3, -0.25) is 9.59 Å². The molecule has 35 heavy (non-hydrogen) atoms. The molecule has 184 valence electrons. The van der Waals surface area contributed by atoms with Crippen molar-refractivity contribution in [3.8, 4) is 0 Å². The van der Waals surface area contributed by atoms with Crippen molar-refractivity contribution in [2.24, 2.45) is 5.92 Å². The van der Waals surface area contributed by atoms with E-state index in [4.69, 9.17) is 0 Å². The van der Waals surface area contributed by atoms with Gasteiger partial charge >= 0.3 is 6.03 Å². The third-order valence-corrected chi connectivity index (χ3v) is 8.47. The monoisotopic (exact) mass is 511 g/mol. The second kappa shape index (κ2) is 10.7. The summed E-state index contributed by atoms with van der Waals surface area (Å²) in [6, 6.07) is 6.95. The van der Waals surface area contributed by atoms with Gasteiger partial charge < -0.3 is 20.4 Å². The summed E-state index contributed by atoms with van der Waals surface area (Å²) < 4.78 is 1.16. The van der Waals surface area contributed by atoms with Gasteiger partial charge in [0.1, 0.15) is 12.6 Å². The molecule has 1 aromatic carbocycles. The highest BCUT2D eigenvalue weighted by Crippen LogP contribution is 2.28. The molecule has 2 N–H and O–H groups in total. The number of Topliss-reactive ketones (excluding diaryl/α,β-unsaturated/α-hetero) is 1. The third-order valence-electron chi connectivity index (χ3n) is 6.84. The van der Waals surface area contributed by atoms with Gasteiger partial charge in [-0.05, 0) is 47.9 Å². The van der Waals surface area contributed by atoms with E-state index in [0.717, 1.165) is 47.3 Å². The molecule has 1 aliphatic carbocycles. The van der Waals surface area contributed by atoms with E-state index in [1.807, 2.05) is 35.0 Å². The van der Waals surface area contributed by atoms with Gasteiger partial charge in [0.25, 0.3) is 0 Å². The minimum Gasteiger partial charge on any atom is -0.359 e. The number of rotatable bonds is 7. The van der Waals surface area contributed by atoms with Crippen LogP contribution >= 0.6 is 22.7 Å². The summed E-state index contributed by atoms with van der Waals surface area (Å²) in [5.41, 5.74) is 0.703. The van der Waals surface area contributed by atoms with E-state index in [1.54, 1.807) is 22.4 Å². The number of thiophene rings is 1. The number of ketones is 1. The van der Waals surface area contributed by atoms with Crippen LogP contribution in [0.4, 0.5) is 15.6 Å². The number of nitrogens with one attached hydrogen (secondary N) is 2. The average molecular weight is 512 g/mol. The highest BCUT2D eigenvalue weighted by molar-refractivity contribution is 7.17. The molecule has 5 rings (SSSR count). The lowest BCUT2D eigenvalue weighted by Crippen LogP contribution is -2.60. The summed E-state index contributed by atoms with van der Waals surface area (Å²) in [6.45, 7) is 1.00. The number of anilines is 2. The number of piperazine rings is 1. The van der Waals surface area contributed by atoms with E-state index in [-0.39, 0.29) is 30.2 Å². The van der Waals surface area contributed by atoms with E-state index in [9.17, 15) is 14.4 Å². The van der Waals surface area contributed by atoms with Crippen LogP contribution in [0, 0.1) is 5.92 Å². The molecule has 3 aromatic rings. The summed E-state index contributed by atoms with van der Waals surface area (Å²) in [7, 11) is 0. The predicted octanol–water partition coefficient (Wildman–Crippen LogP) is 4.66. The molecule has 1 atom stereocenters. The Hall–Kier alpha value is -2.98. The number of benzene rings is 1. The minimum absolute atomic E-state index is 0.00649. The zero-order chi connectivity index (χ0) is 24.2. The predicted molar refractivity (Wildman–Crippen MR) is 140 cm³/mol. The molecule has 1 unspecified atom stereocenters. The van der Waals surface area contributed by atoms with Gasteiger partial charge in [0.15, 0.2) is 10.9 Å². The van der Waals surface area contributed by atoms with Crippen LogP contribution in [-0.2, 0) is 9.59 Å². The summed E-state index contributed by atoms with van der Waals surface area (Å²) in [6.07, 6.45) is 6.76. The topological polar surface area (TPSA) is 94.6 Å². The molecule has 1 aliphatic heterocycles. The van der Waals surface area contributed by atoms with Crippen molar-refractivity contribution in [1.29, 1.82) is 0 Å². The number of carbonyl (C=O) groups excluding carboxylic acids is 3. The lowest BCUT2D eigenvalue weighted by Gasteiger charge is -2.39. The zero-order valence-electron chi connectivity index (χ0n) is 19.4. The molecule has 3 amide bonds. The van der Waals surface area contributed by atoms with Gasteiger partial charge in [0.05, 0.1) is 0 Å². The first-order valence-corrected chi connectivity index (χ1v) is 13.8. The van der Waals surface area contributed by atoms with E-state index in [1.165, 1.54) is 16.2 Å². The lowest BCUT2D eigenvalue weighted by atomic mass is 9.83. The van der Waals surface area contributed by atoms with Crippen molar-refractivity contribution in [2.75, 3.05) is 36.8 Å². The number of hydrogen-bond donors (Lipinski definition) is 2. The van der Waals surface area contributed by atoms with Gasteiger partial charge in [-0.1, -0.05) is 19.3 Å². The number of thiazole rings is 1. The molecular weight excluding hydrogens is 482 g/mol. The Morgan fingerprint density at radius 1 is 1.09 bits per heavy atom. The van der Waals surface area contributed by atoms with Gasteiger partial charge in [-0.15, -0.1) is 22.7 Å². The molecule has 8 nitrogen and oxygen atoms in total. The Bertz CT molecular complexity index is 1190. The number of urea groups is 1. The smallest absolute Gasteiger partial charge is 0.322 e. The number of amides is 3. The van der Waals surface area contributed by atoms with Crippen LogP contribution in [0.2, 0.25) is 0 Å². The Balaban J connectivity index is 1.24. The van der Waals surface area contributed by atoms with Crippen molar-refractivity contribution in [1.82, 2.24) is 14.8 Å². The fourth-order valence-electron chi connectivity index (χ4n) is 4.95. The molecule has 2 aliphatic rings. The van der Waals surface area contributed by atoms with Crippen molar-refractivity contribution in [3.05, 3.63) is 41.2 Å². The molecule has 0 bridgehead atoms. The van der Waals surface area contributed by atoms with Crippen LogP contribution in [0.15, 0.2) is 41.2 Å². The van der Waals surface area contributed by atoms with Gasteiger partial charge in [-0.2, -0.15) is 0 Å². The molecule has 10 heteroatoms. The standard InChI is InChI=1S/C25H29N5O3S2/c31-22-16-29(25(33)28-19-6-7-21-18(14-19)8-12-34-21)10-11-30(22)20(15-27-24-26-9-13-35-24)23(32)17-4-2-1-3-5-17/h6-9,12-14,17,20H,1-5,10-11,15-16H2,(H,26,27)(H,28,33). The van der Waals surface area contributed by atoms with Crippen LogP contribution in [0.1, 0.15) is 32.1 Å². The van der Waals surface area contributed by atoms with Crippen molar-refractivity contribution in [2.45, 2.75) is 38.1 Å². The molecule has 1 saturated heterocycles. The summed E-state index contributed by atoms with van der Waals surface area (Å²) in [4.78, 5) is 47.0. The van der Waals surface area contributed by atoms with Gasteiger partial charge in [0, 0.05) is 47.5 Å². The Labute approximate surface area is 212 Å². The molecule has 1 saturated carbocycles. The summed E-state index contributed by atoms with van der Waals surface area (Å²) >= 11 is 3.12. The zero-order valence-corrected chi connectivity index (χ0v) is 21.1. The van der Waals surface area contributed by atoms with Gasteiger partial charge in [-0.25, -0.2) is 9.78 Å². The number of nitrogens with zero attached hydrogens (tertiary/aromatic N) is 3. The van der Waals surface area contributed by atoms with Crippen molar-refractivity contribution in [3.63, 3.8) is 0 Å². The maximum atomic E-state index is 13.5. The molecule has 2 fully saturated rings. The van der Waals surface area contributed by atoms with Crippen LogP contribution < -0.4 is 10.6 Å². The Morgan fingerprint density at radius 2 is 1.94 bits per heavy atom. The number of hydrogen-bond acceptors (Lipinski definition) is 7. The maximum absolute atomic E-state index is 13.5. The fourth-order valence-corrected chi connectivity index (χ4v) is 6.26. The van der Waals surface area contributed by atoms with E-state index in [0.29, 0.717) is 25.3 Å². The first-order valence-electron chi connectivity index (χ1n) is 12.1. The second-order valence-electron chi connectivity index (χ2n) is 9.08. The van der Waals surface area contributed by atoms with E-state index >= 15 is 0 Å². The largest absolute Gasteiger partial charge is 0.359 e. The SMILES string of the molecule is O=C(C1CCCCC1)C(CNc1nccs1)N1CCN(C(=O)Nc2ccc3sccc3c2)CC1=O. The van der Waals surface area contributed by atoms with Gasteiger partial charge in [0.2, 0.25) is 5.91 Å². The second-order valence-corrected chi connectivity index (χ2v) is 10.9. The van der Waals surface area contributed by atoms with E-state index in [2.05, 4.69) is 15.6 Å². The summed E-state index contributed by atoms with van der Waals surface area (Å²) in [5.74, 6) is -0.0770. The Morgan fingerprint density at radius 3 is 2.71 bits per heavy atom. The fraction of sp³-hybridized carbons (Fsp3) is 0.440. The van der Waals surface area contributed by atoms with Crippen molar-refractivity contribution >= 4 is 61.3 Å². The van der Waals surface area contributed by atoms with Crippen LogP contribution in [-0.4, -0.2) is 64.7 Å². The molecular formula is C25H29N5O3S2. The van der Waals surface area contributed by atoms with Crippen LogP contribution in [0.3, 0.4) is 0 Å². The maximum Gasteiger partial charge on any atom is 0.322 e. The normalized spacial score (nSPS) is 18.0.